The number of nitrogens with one attached hydrogen (secondary N) is 1. The Balaban J connectivity index is 1.58. The smallest absolute Gasteiger partial charge is 0.325 e. The van der Waals surface area contributed by atoms with E-state index in [4.69, 9.17) is 0 Å². The van der Waals surface area contributed by atoms with Crippen LogP contribution in [0.25, 0.3) is 21.9 Å². The van der Waals surface area contributed by atoms with Crippen LogP contribution in [0.15, 0.2) is 52.4 Å². The molecule has 1 aliphatic heterocycles. The van der Waals surface area contributed by atoms with Crippen LogP contribution in [0.1, 0.15) is 5.56 Å². The van der Waals surface area contributed by atoms with Crippen LogP contribution in [0.4, 0.5) is 23.2 Å². The number of carbonyl (C=O) groups excluding carboxylic acids is 1. The van der Waals surface area contributed by atoms with Gasteiger partial charge in [0.1, 0.15) is 23.4 Å². The molecule has 0 aliphatic carbocycles. The summed E-state index contributed by atoms with van der Waals surface area (Å²) >= 11 is 1.42. The molecule has 0 fully saturated rings. The molecule has 0 atom stereocenters. The minimum atomic E-state index is -4.55. The summed E-state index contributed by atoms with van der Waals surface area (Å²) in [5.74, 6) is -0.469. The lowest BCUT2D eigenvalue weighted by Crippen LogP contribution is -2.25. The van der Waals surface area contributed by atoms with E-state index < -0.39 is 23.5 Å². The summed E-state index contributed by atoms with van der Waals surface area (Å²) in [7, 11) is 0. The van der Waals surface area contributed by atoms with E-state index in [1.807, 2.05) is 0 Å². The average molecular weight is 462 g/mol. The summed E-state index contributed by atoms with van der Waals surface area (Å²) in [6.45, 7) is 0.110. The predicted octanol–water partition coefficient (Wildman–Crippen LogP) is 4.25. The summed E-state index contributed by atoms with van der Waals surface area (Å²) < 4.78 is 55.7. The van der Waals surface area contributed by atoms with Gasteiger partial charge in [0.25, 0.3) is 5.56 Å². The number of amides is 1. The second kappa shape index (κ2) is 7.37. The minimum Gasteiger partial charge on any atom is -0.325 e. The number of alkyl halides is 3. The number of hydrogen-bond donors (Lipinski definition) is 1. The van der Waals surface area contributed by atoms with Crippen LogP contribution >= 0.6 is 11.8 Å². The van der Waals surface area contributed by atoms with Gasteiger partial charge in [0.15, 0.2) is 5.16 Å². The Bertz CT molecular complexity index is 1460. The lowest BCUT2D eigenvalue weighted by molar-refractivity contribution is -0.137. The van der Waals surface area contributed by atoms with Crippen LogP contribution in [-0.4, -0.2) is 25.8 Å². The fourth-order valence-corrected chi connectivity index (χ4v) is 4.77. The van der Waals surface area contributed by atoms with Crippen LogP contribution in [0.5, 0.6) is 0 Å². The SMILES string of the molecule is O=C(Cn1c2ccc(F)cc2c2nc3n(c(=O)c21)CCS3)Nc1cccc(C(F)(F)F)c1. The van der Waals surface area contributed by atoms with Crippen LogP contribution in [-0.2, 0) is 24.1 Å². The highest BCUT2D eigenvalue weighted by molar-refractivity contribution is 7.99. The molecule has 1 amide bonds. The summed E-state index contributed by atoms with van der Waals surface area (Å²) in [6.07, 6.45) is -4.55. The maximum Gasteiger partial charge on any atom is 0.416 e. The van der Waals surface area contributed by atoms with Gasteiger partial charge in [0.2, 0.25) is 5.91 Å². The lowest BCUT2D eigenvalue weighted by Gasteiger charge is -2.11. The number of fused-ring (bicyclic) bond motifs is 4. The molecule has 5 rings (SSSR count). The van der Waals surface area contributed by atoms with E-state index in [1.165, 1.54) is 51.2 Å². The van der Waals surface area contributed by atoms with Gasteiger partial charge < -0.3 is 9.88 Å². The molecule has 32 heavy (non-hydrogen) atoms. The van der Waals surface area contributed by atoms with Gasteiger partial charge in [0.05, 0.1) is 11.1 Å². The third-order valence-electron chi connectivity index (χ3n) is 5.21. The average Bonchev–Trinajstić information content (AvgIpc) is 3.31. The molecule has 0 spiro atoms. The zero-order valence-corrected chi connectivity index (χ0v) is 17.1. The quantitative estimate of drug-likeness (QED) is 0.365. The van der Waals surface area contributed by atoms with Crippen molar-refractivity contribution < 1.29 is 22.4 Å². The second-order valence-corrected chi connectivity index (χ2v) is 8.33. The third kappa shape index (κ3) is 3.42. The first-order chi connectivity index (χ1) is 15.2. The van der Waals surface area contributed by atoms with Crippen molar-refractivity contribution in [1.29, 1.82) is 0 Å². The van der Waals surface area contributed by atoms with Crippen LogP contribution in [0.3, 0.4) is 0 Å². The number of anilines is 1. The first kappa shape index (κ1) is 20.6. The number of benzene rings is 2. The number of thioether (sulfide) groups is 1. The molecule has 4 aromatic rings. The van der Waals surface area contributed by atoms with E-state index >= 15 is 0 Å². The number of rotatable bonds is 3. The summed E-state index contributed by atoms with van der Waals surface area (Å²) in [6, 6.07) is 8.19. The highest BCUT2D eigenvalue weighted by Crippen LogP contribution is 2.32. The number of nitrogens with zero attached hydrogens (tertiary/aromatic N) is 3. The summed E-state index contributed by atoms with van der Waals surface area (Å²) in [5, 5.41) is 3.35. The largest absolute Gasteiger partial charge is 0.416 e. The Kier molecular flexibility index (Phi) is 4.73. The van der Waals surface area contributed by atoms with Gasteiger partial charge in [-0.15, -0.1) is 0 Å². The minimum absolute atomic E-state index is 0.0243. The molecule has 11 heteroatoms. The Morgan fingerprint density at radius 1 is 1.19 bits per heavy atom. The zero-order chi connectivity index (χ0) is 22.6. The molecule has 0 unspecified atom stereocenters. The molecular weight excluding hydrogens is 448 g/mol. The summed E-state index contributed by atoms with van der Waals surface area (Å²) in [5.41, 5.74) is -0.395. The van der Waals surface area contributed by atoms with Gasteiger partial charge in [-0.2, -0.15) is 13.2 Å². The van der Waals surface area contributed by atoms with Crippen LogP contribution < -0.4 is 10.9 Å². The van der Waals surface area contributed by atoms with E-state index in [0.717, 1.165) is 12.1 Å². The monoisotopic (exact) mass is 462 g/mol. The first-order valence-corrected chi connectivity index (χ1v) is 10.5. The van der Waals surface area contributed by atoms with Gasteiger partial charge in [-0.1, -0.05) is 17.8 Å². The highest BCUT2D eigenvalue weighted by atomic mass is 32.2. The molecule has 0 radical (unpaired) electrons. The van der Waals surface area contributed by atoms with Crippen LogP contribution in [0, 0.1) is 5.82 Å². The Morgan fingerprint density at radius 3 is 2.78 bits per heavy atom. The van der Waals surface area contributed by atoms with Crippen molar-refractivity contribution in [3.05, 3.63) is 64.2 Å². The Hall–Kier alpha value is -3.34. The Morgan fingerprint density at radius 2 is 2.00 bits per heavy atom. The predicted molar refractivity (Wildman–Crippen MR) is 112 cm³/mol. The molecule has 1 N–H and O–H groups in total. The van der Waals surface area contributed by atoms with E-state index in [0.29, 0.717) is 28.4 Å². The van der Waals surface area contributed by atoms with Crippen molar-refractivity contribution in [2.45, 2.75) is 24.4 Å². The van der Waals surface area contributed by atoms with Crippen molar-refractivity contribution in [1.82, 2.24) is 14.1 Å². The van der Waals surface area contributed by atoms with Gasteiger partial charge in [-0.3, -0.25) is 14.2 Å². The van der Waals surface area contributed by atoms with E-state index in [2.05, 4.69) is 10.3 Å². The van der Waals surface area contributed by atoms with Crippen LogP contribution in [0.2, 0.25) is 0 Å². The van der Waals surface area contributed by atoms with E-state index in [9.17, 15) is 27.2 Å². The topological polar surface area (TPSA) is 68.9 Å². The van der Waals surface area contributed by atoms with Gasteiger partial charge in [0, 0.05) is 23.4 Å². The number of carbonyl (C=O) groups is 1. The van der Waals surface area contributed by atoms with E-state index in [1.54, 1.807) is 0 Å². The van der Waals surface area contributed by atoms with Crippen molar-refractivity contribution in [3.8, 4) is 0 Å². The number of halogens is 4. The zero-order valence-electron chi connectivity index (χ0n) is 16.2. The highest BCUT2D eigenvalue weighted by Gasteiger charge is 2.30. The molecule has 3 heterocycles. The number of aromatic nitrogens is 3. The second-order valence-electron chi connectivity index (χ2n) is 7.27. The lowest BCUT2D eigenvalue weighted by atomic mass is 10.2. The molecule has 0 bridgehead atoms. The first-order valence-electron chi connectivity index (χ1n) is 9.54. The van der Waals surface area contributed by atoms with Crippen molar-refractivity contribution in [3.63, 3.8) is 0 Å². The van der Waals surface area contributed by atoms with Crippen molar-refractivity contribution in [2.24, 2.45) is 0 Å². The van der Waals surface area contributed by atoms with Gasteiger partial charge >= 0.3 is 6.18 Å². The van der Waals surface area contributed by atoms with E-state index in [-0.39, 0.29) is 28.8 Å². The fraction of sp³-hybridized carbons (Fsp3) is 0.190. The summed E-state index contributed by atoms with van der Waals surface area (Å²) in [4.78, 5) is 30.4. The normalized spacial score (nSPS) is 13.6. The Labute approximate surface area is 181 Å². The molecule has 0 saturated carbocycles. The molecular formula is C21H14F4N4O2S. The van der Waals surface area contributed by atoms with Gasteiger partial charge in [-0.25, -0.2) is 9.37 Å². The van der Waals surface area contributed by atoms with Crippen molar-refractivity contribution in [2.75, 3.05) is 11.1 Å². The maximum atomic E-state index is 13.9. The third-order valence-corrected chi connectivity index (χ3v) is 6.16. The fourth-order valence-electron chi connectivity index (χ4n) is 3.83. The molecule has 6 nitrogen and oxygen atoms in total. The molecule has 0 saturated heterocycles. The van der Waals surface area contributed by atoms with Crippen molar-refractivity contribution >= 4 is 45.3 Å². The number of hydrogen-bond acceptors (Lipinski definition) is 4. The maximum absolute atomic E-state index is 13.9. The molecule has 2 aromatic carbocycles. The molecule has 2 aromatic heterocycles. The standard InChI is InChI=1S/C21H14F4N4O2S/c22-12-4-5-15-14(9-12)17-18(19(31)28-6-7-32-20(28)27-17)29(15)10-16(30)26-13-3-1-2-11(8-13)21(23,24)25/h1-5,8-9H,6-7,10H2,(H,26,30). The molecule has 164 valence electrons. The molecule has 1 aliphatic rings. The van der Waals surface area contributed by atoms with Gasteiger partial charge in [-0.05, 0) is 36.4 Å².